The Morgan fingerprint density at radius 1 is 0.203 bits per heavy atom. The number of thiocarbonyl (C=S) groups is 6. The fraction of sp³-hybridized carbons (Fsp3) is 0.167. The summed E-state index contributed by atoms with van der Waals surface area (Å²) < 4.78 is 0. The molecule has 0 aliphatic rings. The maximum Gasteiger partial charge on any atom is 1.00 e. The van der Waals surface area contributed by atoms with Crippen molar-refractivity contribution in [2.24, 2.45) is 65.0 Å². The number of aromatic hydroxyl groups is 6. The number of benzene rings is 12. The van der Waals surface area contributed by atoms with Crippen LogP contribution >= 0.6 is 73.3 Å². The summed E-state index contributed by atoms with van der Waals surface area (Å²) in [6, 6.07) is 66.8. The Kier molecular flexibility index (Phi) is 91.1. The fourth-order valence-electron chi connectivity index (χ4n) is 9.38. The Morgan fingerprint density at radius 2 is 0.297 bits per heavy atom. The molecule has 0 aliphatic heterocycles. The van der Waals surface area contributed by atoms with Gasteiger partial charge in [-0.1, -0.05) is 255 Å². The standard InChI is InChI=1S/6C12H11N3OS.8C3H7NO.6Ag/c6*13-12(17)15-14-7-10-9-4-2-1-3-8(9)5-6-11(10)16;8*1-4(2)3-5;;;;;;/h6*1-7H,(H4,13,14,15,16,17);8*3H,1-2H3;;;;;;/q;;;;;;;;;;;;;;6*+1/p-6. The van der Waals surface area contributed by atoms with E-state index in [-0.39, 0.29) is 199 Å². The van der Waals surface area contributed by atoms with Gasteiger partial charge in [0.05, 0.1) is 0 Å². The first-order valence-electron chi connectivity index (χ1n) is 40.7. The molecule has 40 nitrogen and oxygen atoms in total. The zero-order valence-corrected chi connectivity index (χ0v) is 96.3. The second-order valence-corrected chi connectivity index (χ2v) is 31.5. The maximum absolute atomic E-state index is 9.78. The number of hydrogen-bond acceptors (Lipinski definition) is 26. The molecule has 0 radical (unpaired) electrons. The Bertz CT molecular complexity index is 5270. The molecule has 18 N–H and O–H groups in total. The van der Waals surface area contributed by atoms with Gasteiger partial charge in [-0.25, -0.2) is 0 Å². The van der Waals surface area contributed by atoms with Crippen LogP contribution in [0, 0.1) is 0 Å². The van der Waals surface area contributed by atoms with Crippen LogP contribution in [-0.2, 0) is 173 Å². The molecular weight excluding hydrogens is 2580 g/mol. The summed E-state index contributed by atoms with van der Waals surface area (Å²) in [5.74, 6) is 0.864. The second-order valence-electron chi connectivity index (χ2n) is 29.0. The van der Waals surface area contributed by atoms with Gasteiger partial charge in [-0.3, -0.25) is 69.0 Å². The third-order valence-electron chi connectivity index (χ3n) is 15.4. The summed E-state index contributed by atoms with van der Waals surface area (Å²) in [7, 11) is 27.0. The van der Waals surface area contributed by atoms with Crippen molar-refractivity contribution in [3.8, 4) is 34.5 Å². The quantitative estimate of drug-likeness (QED) is 0.0111. The average Bonchev–Trinajstić information content (AvgIpc) is 0.842. The van der Waals surface area contributed by atoms with Crippen LogP contribution in [0.4, 0.5) is 0 Å². The van der Waals surface area contributed by atoms with E-state index in [0.717, 1.165) is 116 Å². The molecule has 0 heterocycles. The Hall–Kier alpha value is -12.6. The monoisotopic (exact) mass is 2690 g/mol. The molecule has 816 valence electrons. The summed E-state index contributed by atoms with van der Waals surface area (Å²) in [6.45, 7) is 0. The van der Waals surface area contributed by atoms with E-state index in [1.165, 1.54) is 76.5 Å². The van der Waals surface area contributed by atoms with Crippen molar-refractivity contribution in [1.82, 2.24) is 39.2 Å². The number of rotatable bonds is 20. The number of fused-ring (bicyclic) bond motifs is 6. The molecule has 0 spiro atoms. The molecule has 12 rings (SSSR count). The Morgan fingerprint density at radius 3 is 0.385 bits per heavy atom. The van der Waals surface area contributed by atoms with E-state index in [1.54, 1.807) is 149 Å². The maximum atomic E-state index is 9.78. The average molecular weight is 2700 g/mol. The summed E-state index contributed by atoms with van der Waals surface area (Å²) in [6.07, 6.45) is 14.6. The van der Waals surface area contributed by atoms with Gasteiger partial charge in [-0.15, -0.1) is 0 Å². The minimum absolute atomic E-state index is 0. The van der Waals surface area contributed by atoms with Crippen LogP contribution in [0.5, 0.6) is 34.5 Å². The van der Waals surface area contributed by atoms with Crippen molar-refractivity contribution in [2.45, 2.75) is 0 Å². The number of carbonyl (C=O) groups excluding carboxylic acids is 8. The molecule has 0 aromatic heterocycles. The van der Waals surface area contributed by atoms with E-state index >= 15 is 0 Å². The van der Waals surface area contributed by atoms with E-state index in [0.29, 0.717) is 33.4 Å². The van der Waals surface area contributed by atoms with Gasteiger partial charge < -0.3 is 137 Å². The fourth-order valence-corrected chi connectivity index (χ4v) is 9.66. The smallest absolute Gasteiger partial charge is 0.507 e. The number of hydrogen-bond donors (Lipinski definition) is 12. The molecule has 12 aromatic rings. The number of phenolic OH excluding ortho intramolecular Hbond substituents is 6. The first-order chi connectivity index (χ1) is 67.2. The minimum Gasteiger partial charge on any atom is -0.507 e. The number of phenols is 6. The van der Waals surface area contributed by atoms with Gasteiger partial charge in [0, 0.05) is 214 Å². The van der Waals surface area contributed by atoms with E-state index < -0.39 is 0 Å². The van der Waals surface area contributed by atoms with Gasteiger partial charge in [0.15, 0.2) is 0 Å². The van der Waals surface area contributed by atoms with Crippen LogP contribution in [0.2, 0.25) is 0 Å². The van der Waals surface area contributed by atoms with Crippen LogP contribution < -0.4 is 34.4 Å². The van der Waals surface area contributed by atoms with Crippen LogP contribution in [0.3, 0.4) is 0 Å². The van der Waals surface area contributed by atoms with Crippen molar-refractivity contribution in [3.63, 3.8) is 0 Å². The topological polar surface area (TPSA) is 599 Å². The zero-order valence-electron chi connectivity index (χ0n) is 82.5. The van der Waals surface area contributed by atoms with E-state index in [4.69, 9.17) is 34.4 Å². The molecule has 148 heavy (non-hydrogen) atoms. The minimum atomic E-state index is -0.0408. The summed E-state index contributed by atoms with van der Waals surface area (Å²) >= 11 is 27.4. The molecule has 52 heteroatoms. The van der Waals surface area contributed by atoms with Crippen molar-refractivity contribution >= 4 is 257 Å². The van der Waals surface area contributed by atoms with Crippen molar-refractivity contribution < 1.29 is 203 Å². The predicted octanol–water partition coefficient (Wildman–Crippen LogP) is 12.6. The summed E-state index contributed by atoms with van der Waals surface area (Å²) in [5.41, 5.74) is 56.0. The van der Waals surface area contributed by atoms with Crippen molar-refractivity contribution in [3.05, 3.63) is 284 Å². The third-order valence-corrected chi connectivity index (χ3v) is 15.9. The van der Waals surface area contributed by atoms with Gasteiger partial charge in [-0.05, 0) is 101 Å². The Balaban J connectivity index is -0.000000245. The van der Waals surface area contributed by atoms with Crippen LogP contribution in [0.25, 0.3) is 97.2 Å². The molecule has 0 saturated carbocycles. The Labute approximate surface area is 986 Å². The van der Waals surface area contributed by atoms with Crippen molar-refractivity contribution in [1.29, 1.82) is 0 Å². The third kappa shape index (κ3) is 69.5. The summed E-state index contributed by atoms with van der Waals surface area (Å²) in [4.78, 5) is 87.0. The van der Waals surface area contributed by atoms with Crippen LogP contribution in [0.1, 0.15) is 33.4 Å². The first-order valence-corrected chi connectivity index (χ1v) is 43.1. The van der Waals surface area contributed by atoms with Gasteiger partial charge in [0.1, 0.15) is 34.5 Å². The SMILES string of the molecule is CN(C)C=O.CN(C)C=O.CN(C)C=O.CN(C)C=O.CN(C)C=O.CN(C)C=O.CN(C)C=O.CN(C)C=O.NC(=S)[N-]/N=C/c1c(O)ccc2ccccc12.NC(=S)[N-]/N=C/c1c(O)ccc2ccccc12.NC(=S)[N-]/N=C/c1c(O)ccc2ccccc12.NC(=S)[N-]/N=C/c1c(O)ccc2ccccc12.NC(=S)[N-]/N=C/c1c(O)ccc2ccccc12.NC(=S)[N-]/N=C/c1c(O)ccc2ccccc12.[Ag+].[Ag+].[Ag+].[Ag+].[Ag+].[Ag+]. The molecule has 0 fully saturated rings. The first kappa shape index (κ1) is 151. The van der Waals surface area contributed by atoms with E-state index in [9.17, 15) is 69.0 Å². The molecule has 0 bridgehead atoms. The summed E-state index contributed by atoms with van der Waals surface area (Å²) in [5, 5.41) is 92.3. The predicted molar refractivity (Wildman–Crippen MR) is 598 cm³/mol. The number of nitrogens with zero attached hydrogens (tertiary/aromatic N) is 20. The number of nitrogens with two attached hydrogens (primary N) is 6. The van der Waals surface area contributed by atoms with Crippen molar-refractivity contribution in [2.75, 3.05) is 113 Å². The second kappa shape index (κ2) is 89.5. The van der Waals surface area contributed by atoms with E-state index in [1.807, 2.05) is 182 Å². The molecule has 12 aromatic carbocycles. The molecule has 0 aliphatic carbocycles. The number of carbonyl (C=O) groups is 8. The largest absolute Gasteiger partial charge is 1.00 e. The van der Waals surface area contributed by atoms with Gasteiger partial charge >= 0.3 is 134 Å². The van der Waals surface area contributed by atoms with Gasteiger partial charge in [0.2, 0.25) is 51.3 Å². The molecular formula is C96H116Ag6N26O14S6. The van der Waals surface area contributed by atoms with Gasteiger partial charge in [0.25, 0.3) is 0 Å². The van der Waals surface area contributed by atoms with Gasteiger partial charge in [-0.2, -0.15) is 0 Å². The molecule has 0 saturated heterocycles. The van der Waals surface area contributed by atoms with Crippen LogP contribution in [0.15, 0.2) is 249 Å². The molecule has 0 atom stereocenters. The molecule has 0 unspecified atom stereocenters. The van der Waals surface area contributed by atoms with E-state index in [2.05, 4.69) is 136 Å². The number of amides is 8. The zero-order chi connectivity index (χ0) is 108. The molecule has 8 amide bonds. The normalized spacial score (nSPS) is 9.30. The van der Waals surface area contributed by atoms with Crippen LogP contribution in [-0.4, -0.2) is 302 Å².